The Hall–Kier alpha value is -2.60. The number of carbonyl (C=O) groups excluding carboxylic acids is 1. The molecule has 7 heteroatoms. The van der Waals surface area contributed by atoms with Crippen LogP contribution in [0.4, 0.5) is 0 Å². The zero-order chi connectivity index (χ0) is 18.0. The predicted octanol–water partition coefficient (Wildman–Crippen LogP) is 2.87. The molecule has 0 radical (unpaired) electrons. The lowest BCUT2D eigenvalue weighted by Gasteiger charge is -2.08. The Bertz CT molecular complexity index is 912. The molecule has 0 saturated heterocycles. The molecule has 2 aromatic heterocycles. The number of aromatic nitrogens is 4. The second-order valence-electron chi connectivity index (χ2n) is 6.05. The van der Waals surface area contributed by atoms with E-state index in [2.05, 4.69) is 15.5 Å². The van der Waals surface area contributed by atoms with E-state index in [4.69, 9.17) is 11.6 Å². The van der Waals surface area contributed by atoms with Gasteiger partial charge in [0.2, 0.25) is 0 Å². The van der Waals surface area contributed by atoms with Crippen LogP contribution < -0.4 is 5.32 Å². The Morgan fingerprint density at radius 1 is 1.28 bits per heavy atom. The van der Waals surface area contributed by atoms with Crippen LogP contribution in [0.25, 0.3) is 0 Å². The van der Waals surface area contributed by atoms with E-state index in [0.29, 0.717) is 23.7 Å². The van der Waals surface area contributed by atoms with Crippen molar-refractivity contribution in [3.05, 3.63) is 69.8 Å². The number of benzene rings is 1. The van der Waals surface area contributed by atoms with E-state index in [-0.39, 0.29) is 5.91 Å². The number of nitrogens with zero attached hydrogens (tertiary/aromatic N) is 4. The number of hydrogen-bond acceptors (Lipinski definition) is 3. The predicted molar refractivity (Wildman–Crippen MR) is 96.6 cm³/mol. The Morgan fingerprint density at radius 2 is 2.08 bits per heavy atom. The highest BCUT2D eigenvalue weighted by Crippen LogP contribution is 2.20. The summed E-state index contributed by atoms with van der Waals surface area (Å²) in [4.78, 5) is 12.4. The maximum Gasteiger partial charge on any atom is 0.251 e. The second-order valence-corrected chi connectivity index (χ2v) is 6.43. The van der Waals surface area contributed by atoms with E-state index in [1.807, 2.05) is 50.0 Å². The summed E-state index contributed by atoms with van der Waals surface area (Å²) < 4.78 is 3.56. The molecule has 3 rings (SSSR count). The fraction of sp³-hybridized carbons (Fsp3) is 0.278. The van der Waals surface area contributed by atoms with Crippen molar-refractivity contribution in [1.29, 1.82) is 0 Å². The van der Waals surface area contributed by atoms with Crippen molar-refractivity contribution in [2.75, 3.05) is 0 Å². The maximum atomic E-state index is 12.4. The minimum absolute atomic E-state index is 0.114. The molecule has 130 valence electrons. The summed E-state index contributed by atoms with van der Waals surface area (Å²) in [5, 5.41) is 12.1. The van der Waals surface area contributed by atoms with Crippen molar-refractivity contribution in [3.63, 3.8) is 0 Å². The average Bonchev–Trinajstić information content (AvgIpc) is 3.12. The van der Waals surface area contributed by atoms with Gasteiger partial charge in [-0.25, -0.2) is 0 Å². The third-order valence-corrected chi connectivity index (χ3v) is 4.57. The van der Waals surface area contributed by atoms with E-state index >= 15 is 0 Å². The van der Waals surface area contributed by atoms with Gasteiger partial charge in [-0.1, -0.05) is 23.7 Å². The van der Waals surface area contributed by atoms with Crippen LogP contribution >= 0.6 is 11.6 Å². The van der Waals surface area contributed by atoms with Gasteiger partial charge in [-0.05, 0) is 31.5 Å². The fourth-order valence-corrected chi connectivity index (χ4v) is 2.80. The minimum Gasteiger partial charge on any atom is -0.348 e. The number of halogens is 1. The first-order valence-corrected chi connectivity index (χ1v) is 8.36. The van der Waals surface area contributed by atoms with Crippen molar-refractivity contribution in [3.8, 4) is 0 Å². The molecular formula is C18H20ClN5O. The van der Waals surface area contributed by atoms with Crippen LogP contribution in [0.3, 0.4) is 0 Å². The number of nitrogens with one attached hydrogen (secondary N) is 1. The molecule has 25 heavy (non-hydrogen) atoms. The van der Waals surface area contributed by atoms with E-state index < -0.39 is 0 Å². The molecule has 1 N–H and O–H groups in total. The Morgan fingerprint density at radius 3 is 2.72 bits per heavy atom. The molecule has 0 saturated carbocycles. The summed E-state index contributed by atoms with van der Waals surface area (Å²) in [6.45, 7) is 4.84. The molecule has 0 bridgehead atoms. The molecule has 0 unspecified atom stereocenters. The molecule has 1 aromatic carbocycles. The number of aryl methyl sites for hydroxylation is 2. The van der Waals surface area contributed by atoms with Crippen LogP contribution in [-0.2, 0) is 20.1 Å². The van der Waals surface area contributed by atoms with Gasteiger partial charge in [-0.15, -0.1) is 0 Å². The molecule has 0 fully saturated rings. The van der Waals surface area contributed by atoms with Crippen LogP contribution in [-0.4, -0.2) is 25.5 Å². The molecule has 0 aliphatic heterocycles. The SMILES string of the molecule is Cc1nn(Cc2cccc(C(=O)NCc3cnn(C)c3)c2)c(C)c1Cl. The number of hydrogen-bond donors (Lipinski definition) is 1. The highest BCUT2D eigenvalue weighted by atomic mass is 35.5. The number of rotatable bonds is 5. The summed E-state index contributed by atoms with van der Waals surface area (Å²) in [5.74, 6) is -0.114. The van der Waals surface area contributed by atoms with Crippen LogP contribution in [0.5, 0.6) is 0 Å². The molecule has 1 amide bonds. The third kappa shape index (κ3) is 3.91. The van der Waals surface area contributed by atoms with E-state index in [0.717, 1.165) is 22.5 Å². The van der Waals surface area contributed by atoms with Crippen LogP contribution in [0.2, 0.25) is 5.02 Å². The van der Waals surface area contributed by atoms with Crippen molar-refractivity contribution in [1.82, 2.24) is 24.9 Å². The molecule has 0 aliphatic rings. The van der Waals surface area contributed by atoms with Crippen molar-refractivity contribution < 1.29 is 4.79 Å². The zero-order valence-electron chi connectivity index (χ0n) is 14.5. The molecule has 6 nitrogen and oxygen atoms in total. The first-order chi connectivity index (χ1) is 11.9. The standard InChI is InChI=1S/C18H20ClN5O/c1-12-17(19)13(2)24(22-12)11-14-5-4-6-16(7-14)18(25)20-8-15-9-21-23(3)10-15/h4-7,9-10H,8,11H2,1-3H3,(H,20,25). The smallest absolute Gasteiger partial charge is 0.251 e. The van der Waals surface area contributed by atoms with Crippen LogP contribution in [0, 0.1) is 13.8 Å². The van der Waals surface area contributed by atoms with Gasteiger partial charge in [0.15, 0.2) is 0 Å². The summed E-state index contributed by atoms with van der Waals surface area (Å²) in [5.41, 5.74) is 4.31. The Kier molecular flexibility index (Phi) is 4.90. The zero-order valence-corrected chi connectivity index (χ0v) is 15.2. The molecule has 2 heterocycles. The molecule has 0 atom stereocenters. The summed E-state index contributed by atoms with van der Waals surface area (Å²) in [6.07, 6.45) is 3.62. The summed E-state index contributed by atoms with van der Waals surface area (Å²) >= 11 is 6.19. The summed E-state index contributed by atoms with van der Waals surface area (Å²) in [6, 6.07) is 7.53. The first-order valence-electron chi connectivity index (χ1n) is 7.98. The van der Waals surface area contributed by atoms with Gasteiger partial charge in [0.05, 0.1) is 29.2 Å². The third-order valence-electron chi connectivity index (χ3n) is 4.03. The molecule has 0 aliphatic carbocycles. The Balaban J connectivity index is 1.70. The Labute approximate surface area is 151 Å². The van der Waals surface area contributed by atoms with Crippen molar-refractivity contribution >= 4 is 17.5 Å². The normalized spacial score (nSPS) is 10.9. The van der Waals surface area contributed by atoms with Gasteiger partial charge in [0.25, 0.3) is 5.91 Å². The quantitative estimate of drug-likeness (QED) is 0.763. The van der Waals surface area contributed by atoms with Gasteiger partial charge in [0, 0.05) is 30.9 Å². The summed E-state index contributed by atoms with van der Waals surface area (Å²) in [7, 11) is 1.85. The lowest BCUT2D eigenvalue weighted by Crippen LogP contribution is -2.22. The van der Waals surface area contributed by atoms with Crippen molar-refractivity contribution in [2.24, 2.45) is 7.05 Å². The average molecular weight is 358 g/mol. The van der Waals surface area contributed by atoms with Gasteiger partial charge in [-0.3, -0.25) is 14.2 Å². The minimum atomic E-state index is -0.114. The lowest BCUT2D eigenvalue weighted by molar-refractivity contribution is 0.0951. The van der Waals surface area contributed by atoms with Gasteiger partial charge in [0.1, 0.15) is 0 Å². The van der Waals surface area contributed by atoms with E-state index in [9.17, 15) is 4.79 Å². The largest absolute Gasteiger partial charge is 0.348 e. The van der Waals surface area contributed by atoms with E-state index in [1.165, 1.54) is 0 Å². The number of carbonyl (C=O) groups is 1. The van der Waals surface area contributed by atoms with Crippen LogP contribution in [0.15, 0.2) is 36.7 Å². The first kappa shape index (κ1) is 17.2. The van der Waals surface area contributed by atoms with Gasteiger partial charge in [-0.2, -0.15) is 10.2 Å². The van der Waals surface area contributed by atoms with Gasteiger partial charge >= 0.3 is 0 Å². The second kappa shape index (κ2) is 7.11. The highest BCUT2D eigenvalue weighted by Gasteiger charge is 2.11. The highest BCUT2D eigenvalue weighted by molar-refractivity contribution is 6.31. The monoisotopic (exact) mass is 357 g/mol. The van der Waals surface area contributed by atoms with Crippen LogP contribution in [0.1, 0.15) is 32.9 Å². The number of amides is 1. The van der Waals surface area contributed by atoms with Crippen molar-refractivity contribution in [2.45, 2.75) is 26.9 Å². The van der Waals surface area contributed by atoms with Gasteiger partial charge < -0.3 is 5.32 Å². The molecular weight excluding hydrogens is 338 g/mol. The van der Waals surface area contributed by atoms with E-state index in [1.54, 1.807) is 16.9 Å². The maximum absolute atomic E-state index is 12.4. The lowest BCUT2D eigenvalue weighted by atomic mass is 10.1. The fourth-order valence-electron chi connectivity index (χ4n) is 2.66. The molecule has 0 spiro atoms. The molecule has 3 aromatic rings. The topological polar surface area (TPSA) is 64.7 Å².